The number of rotatable bonds is 6. The zero-order valence-electron chi connectivity index (χ0n) is 16.2. The van der Waals surface area contributed by atoms with E-state index in [2.05, 4.69) is 15.3 Å². The first-order valence-electron chi connectivity index (χ1n) is 9.45. The predicted molar refractivity (Wildman–Crippen MR) is 118 cm³/mol. The van der Waals surface area contributed by atoms with E-state index < -0.39 is 28.7 Å². The van der Waals surface area contributed by atoms with E-state index in [0.717, 1.165) is 0 Å². The summed E-state index contributed by atoms with van der Waals surface area (Å²) in [6.07, 6.45) is 5.23. The van der Waals surface area contributed by atoms with E-state index in [-0.39, 0.29) is 34.6 Å². The molecule has 0 saturated heterocycles. The summed E-state index contributed by atoms with van der Waals surface area (Å²) in [6, 6.07) is 6.92. The average molecular weight is 465 g/mol. The van der Waals surface area contributed by atoms with Crippen LogP contribution < -0.4 is 11.1 Å². The predicted octanol–water partition coefficient (Wildman–Crippen LogP) is 3.66. The number of thioether (sulfide) groups is 1. The van der Waals surface area contributed by atoms with Crippen LogP contribution in [0, 0.1) is 11.7 Å². The normalized spacial score (nSPS) is 27.0. The third-order valence-electron chi connectivity index (χ3n) is 5.49. The van der Waals surface area contributed by atoms with Gasteiger partial charge < -0.3 is 16.2 Å². The average Bonchev–Trinajstić information content (AvgIpc) is 3.48. The Morgan fingerprint density at radius 3 is 2.90 bits per heavy atom. The fraction of sp³-hybridized carbons (Fsp3) is 0.286. The molecule has 162 valence electrons. The quantitative estimate of drug-likeness (QED) is 0.566. The fourth-order valence-corrected chi connectivity index (χ4v) is 5.45. The number of aliphatic imine (C=N–C) groups is 1. The maximum Gasteiger partial charge on any atom is 0.274 e. The van der Waals surface area contributed by atoms with Crippen LogP contribution in [-0.4, -0.2) is 39.2 Å². The van der Waals surface area contributed by atoms with Crippen molar-refractivity contribution in [1.29, 1.82) is 0 Å². The Morgan fingerprint density at radius 2 is 2.23 bits per heavy atom. The van der Waals surface area contributed by atoms with Gasteiger partial charge in [0.1, 0.15) is 23.7 Å². The molecule has 1 aromatic carbocycles. The summed E-state index contributed by atoms with van der Waals surface area (Å²) in [6.45, 7) is -1.12. The number of benzene rings is 1. The van der Waals surface area contributed by atoms with Gasteiger partial charge in [-0.3, -0.25) is 4.79 Å². The second-order valence-corrected chi connectivity index (χ2v) is 9.24. The van der Waals surface area contributed by atoms with E-state index in [0.29, 0.717) is 11.4 Å². The molecule has 0 radical (unpaired) electrons. The van der Waals surface area contributed by atoms with Crippen LogP contribution in [0.1, 0.15) is 22.5 Å². The van der Waals surface area contributed by atoms with Crippen molar-refractivity contribution >= 4 is 40.1 Å². The van der Waals surface area contributed by atoms with E-state index in [1.807, 2.05) is 0 Å². The van der Waals surface area contributed by atoms with Crippen molar-refractivity contribution in [3.8, 4) is 0 Å². The lowest BCUT2D eigenvalue weighted by Gasteiger charge is -2.34. The number of fused-ring (bicyclic) bond motifs is 1. The molecule has 3 atom stereocenters. The Labute approximate surface area is 186 Å². The van der Waals surface area contributed by atoms with E-state index in [4.69, 9.17) is 22.4 Å². The minimum Gasteiger partial charge on any atom is -0.392 e. The Morgan fingerprint density at radius 1 is 1.42 bits per heavy atom. The van der Waals surface area contributed by atoms with E-state index in [1.165, 1.54) is 48.3 Å². The van der Waals surface area contributed by atoms with Crippen molar-refractivity contribution < 1.29 is 18.7 Å². The highest BCUT2D eigenvalue weighted by Gasteiger charge is 2.67. The van der Waals surface area contributed by atoms with Gasteiger partial charge in [0.2, 0.25) is 0 Å². The molecule has 1 saturated carbocycles. The highest BCUT2D eigenvalue weighted by molar-refractivity contribution is 8.15. The SMILES string of the molecule is NC1=N[C@](CF)(c2cc(NC(=O)c3ccc(Cl)cn3)ccc2F)[C@@H]2C[C@]2(C=CCO)S1. The van der Waals surface area contributed by atoms with Gasteiger partial charge in [0.15, 0.2) is 5.17 Å². The first-order valence-corrected chi connectivity index (χ1v) is 10.6. The molecule has 31 heavy (non-hydrogen) atoms. The molecule has 1 aromatic heterocycles. The van der Waals surface area contributed by atoms with Crippen molar-refractivity contribution in [1.82, 2.24) is 4.98 Å². The molecule has 10 heteroatoms. The van der Waals surface area contributed by atoms with E-state index in [1.54, 1.807) is 12.2 Å². The molecule has 0 spiro atoms. The molecule has 1 amide bonds. The Bertz CT molecular complexity index is 1080. The summed E-state index contributed by atoms with van der Waals surface area (Å²) in [5.41, 5.74) is 4.90. The number of hydrogen-bond acceptors (Lipinski definition) is 6. The zero-order valence-corrected chi connectivity index (χ0v) is 17.8. The van der Waals surface area contributed by atoms with Crippen molar-refractivity contribution in [3.05, 3.63) is 70.8 Å². The van der Waals surface area contributed by atoms with Gasteiger partial charge in [-0.2, -0.15) is 0 Å². The van der Waals surface area contributed by atoms with Crippen LogP contribution in [0.15, 0.2) is 53.7 Å². The van der Waals surface area contributed by atoms with Crippen molar-refractivity contribution in [2.45, 2.75) is 16.7 Å². The minimum atomic E-state index is -1.52. The lowest BCUT2D eigenvalue weighted by atomic mass is 9.84. The number of anilines is 1. The number of amidine groups is 1. The lowest BCUT2D eigenvalue weighted by molar-refractivity contribution is 0.102. The Balaban J connectivity index is 1.69. The summed E-state index contributed by atoms with van der Waals surface area (Å²) in [5, 5.41) is 12.3. The highest BCUT2D eigenvalue weighted by Crippen LogP contribution is 2.66. The van der Waals surface area contributed by atoms with Crippen LogP contribution in [0.3, 0.4) is 0 Å². The molecule has 1 aliphatic heterocycles. The first-order chi connectivity index (χ1) is 14.8. The number of pyridine rings is 1. The summed E-state index contributed by atoms with van der Waals surface area (Å²) >= 11 is 7.08. The number of nitrogens with one attached hydrogen (secondary N) is 1. The number of nitrogens with two attached hydrogens (primary N) is 1. The van der Waals surface area contributed by atoms with Gasteiger partial charge in [-0.05, 0) is 36.8 Å². The Hall–Kier alpha value is -2.49. The molecular formula is C21H19ClF2N4O2S. The summed E-state index contributed by atoms with van der Waals surface area (Å²) in [7, 11) is 0. The largest absolute Gasteiger partial charge is 0.392 e. The van der Waals surface area contributed by atoms with Crippen LogP contribution in [0.5, 0.6) is 0 Å². The molecule has 2 heterocycles. The molecule has 1 aliphatic carbocycles. The van der Waals surface area contributed by atoms with Crippen molar-refractivity contribution in [2.75, 3.05) is 18.6 Å². The molecule has 4 rings (SSSR count). The second-order valence-electron chi connectivity index (χ2n) is 7.42. The monoisotopic (exact) mass is 464 g/mol. The molecule has 2 aromatic rings. The maximum atomic E-state index is 14.9. The van der Waals surface area contributed by atoms with E-state index >= 15 is 0 Å². The number of aliphatic hydroxyl groups is 1. The van der Waals surface area contributed by atoms with Crippen LogP contribution in [0.2, 0.25) is 5.02 Å². The zero-order chi connectivity index (χ0) is 22.2. The summed E-state index contributed by atoms with van der Waals surface area (Å²) in [5.74, 6) is -1.50. The first kappa shape index (κ1) is 21.7. The number of halogens is 3. The molecule has 0 unspecified atom stereocenters. The number of carbonyl (C=O) groups is 1. The third kappa shape index (κ3) is 3.93. The molecular weight excluding hydrogens is 446 g/mol. The molecule has 4 N–H and O–H groups in total. The Kier molecular flexibility index (Phi) is 5.76. The number of aromatic nitrogens is 1. The smallest absolute Gasteiger partial charge is 0.274 e. The van der Waals surface area contributed by atoms with Gasteiger partial charge in [0, 0.05) is 28.1 Å². The van der Waals surface area contributed by atoms with Gasteiger partial charge >= 0.3 is 0 Å². The van der Waals surface area contributed by atoms with Crippen LogP contribution in [0.4, 0.5) is 14.5 Å². The van der Waals surface area contributed by atoms with Gasteiger partial charge in [-0.25, -0.2) is 18.8 Å². The fourth-order valence-electron chi connectivity index (χ4n) is 3.99. The number of alkyl halides is 1. The number of hydrogen-bond donors (Lipinski definition) is 3. The summed E-state index contributed by atoms with van der Waals surface area (Å²) in [4.78, 5) is 20.8. The highest BCUT2D eigenvalue weighted by atomic mass is 35.5. The lowest BCUT2D eigenvalue weighted by Crippen LogP contribution is -2.39. The topological polar surface area (TPSA) is 101 Å². The number of carbonyl (C=O) groups excluding carboxylic acids is 1. The molecule has 0 bridgehead atoms. The minimum absolute atomic E-state index is 0.0180. The van der Waals surface area contributed by atoms with Gasteiger partial charge in [-0.1, -0.05) is 35.5 Å². The van der Waals surface area contributed by atoms with Gasteiger partial charge in [-0.15, -0.1) is 0 Å². The summed E-state index contributed by atoms with van der Waals surface area (Å²) < 4.78 is 28.9. The van der Waals surface area contributed by atoms with E-state index in [9.17, 15) is 13.6 Å². The van der Waals surface area contributed by atoms with Gasteiger partial charge in [0.05, 0.1) is 11.6 Å². The van der Waals surface area contributed by atoms with Crippen molar-refractivity contribution in [3.63, 3.8) is 0 Å². The number of aliphatic hydroxyl groups excluding tert-OH is 1. The van der Waals surface area contributed by atoms with Crippen molar-refractivity contribution in [2.24, 2.45) is 16.6 Å². The standard InChI is InChI=1S/C21H19ClF2N4O2S/c22-12-2-5-16(26-10-12)18(30)27-13-3-4-15(24)14(8-13)21(11-23)17-9-20(17,6-1-7-29)31-19(25)28-21/h1-6,8,10,17,29H,7,9,11H2,(H2,25,28)(H,27,30)/t17-,20+,21-/m1/s1. The number of nitrogens with zero attached hydrogens (tertiary/aromatic N) is 2. The second kappa shape index (κ2) is 8.22. The molecule has 6 nitrogen and oxygen atoms in total. The van der Waals surface area contributed by atoms with Crippen LogP contribution >= 0.6 is 23.4 Å². The third-order valence-corrected chi connectivity index (χ3v) is 6.98. The molecule has 1 fully saturated rings. The van der Waals surface area contributed by atoms with Gasteiger partial charge in [0.25, 0.3) is 5.91 Å². The molecule has 2 aliphatic rings. The number of amides is 1. The maximum absolute atomic E-state index is 14.9. The van der Waals surface area contributed by atoms with Crippen LogP contribution in [0.25, 0.3) is 0 Å². The van der Waals surface area contributed by atoms with Crippen LogP contribution in [-0.2, 0) is 5.54 Å².